The molecule has 0 spiro atoms. The first-order valence-corrected chi connectivity index (χ1v) is 6.36. The molecular formula is C15H18N2O3. The summed E-state index contributed by atoms with van der Waals surface area (Å²) >= 11 is 0. The molecule has 0 aromatic heterocycles. The number of amides is 2. The highest BCUT2D eigenvalue weighted by Gasteiger charge is 2.34. The van der Waals surface area contributed by atoms with Crippen LogP contribution in [-0.4, -0.2) is 49.4 Å². The van der Waals surface area contributed by atoms with E-state index in [9.17, 15) is 9.59 Å². The molecule has 1 aliphatic rings. The molecule has 20 heavy (non-hydrogen) atoms. The van der Waals surface area contributed by atoms with Crippen LogP contribution in [0.1, 0.15) is 5.56 Å². The highest BCUT2D eigenvalue weighted by Crippen LogP contribution is 2.20. The third-order valence-electron chi connectivity index (χ3n) is 3.28. The molecular weight excluding hydrogens is 256 g/mol. The number of benzene rings is 1. The van der Waals surface area contributed by atoms with Crippen molar-refractivity contribution in [2.24, 2.45) is 0 Å². The molecule has 2 rings (SSSR count). The van der Waals surface area contributed by atoms with Gasteiger partial charge in [0.1, 0.15) is 0 Å². The van der Waals surface area contributed by atoms with Crippen LogP contribution in [-0.2, 0) is 20.9 Å². The lowest BCUT2D eigenvalue weighted by atomic mass is 10.2. The van der Waals surface area contributed by atoms with Gasteiger partial charge >= 0.3 is 0 Å². The van der Waals surface area contributed by atoms with Gasteiger partial charge in [0.15, 0.2) is 5.76 Å². The average molecular weight is 274 g/mol. The van der Waals surface area contributed by atoms with Crippen LogP contribution in [0.15, 0.2) is 41.7 Å². The number of carbonyl (C=O) groups excluding carboxylic acids is 2. The smallest absolute Gasteiger partial charge is 0.289 e. The first-order valence-electron chi connectivity index (χ1n) is 6.36. The molecule has 106 valence electrons. The zero-order valence-corrected chi connectivity index (χ0v) is 11.9. The van der Waals surface area contributed by atoms with Crippen molar-refractivity contribution in [3.63, 3.8) is 0 Å². The molecule has 0 bridgehead atoms. The van der Waals surface area contributed by atoms with Gasteiger partial charge in [-0.25, -0.2) is 0 Å². The number of hydrogen-bond donors (Lipinski definition) is 0. The van der Waals surface area contributed by atoms with E-state index in [1.54, 1.807) is 19.0 Å². The Morgan fingerprint density at radius 1 is 1.35 bits per heavy atom. The maximum absolute atomic E-state index is 12.4. The van der Waals surface area contributed by atoms with Crippen molar-refractivity contribution in [2.45, 2.75) is 6.54 Å². The fourth-order valence-corrected chi connectivity index (χ4v) is 2.22. The monoisotopic (exact) mass is 274 g/mol. The number of nitrogens with zero attached hydrogens (tertiary/aromatic N) is 2. The summed E-state index contributed by atoms with van der Waals surface area (Å²) < 4.78 is 5.07. The Bertz CT molecular complexity index is 551. The minimum atomic E-state index is -0.246. The standard InChI is InChI=1S/C15H18N2O3/c1-16(9-11-7-5-4-6-8-11)14(18)12-10-17(2)15(19)13(12)20-3/h4-8H,9-10H2,1-3H3. The minimum Gasteiger partial charge on any atom is -0.491 e. The van der Waals surface area contributed by atoms with Gasteiger partial charge in [-0.2, -0.15) is 0 Å². The van der Waals surface area contributed by atoms with E-state index in [1.165, 1.54) is 12.0 Å². The molecule has 0 aliphatic carbocycles. The maximum atomic E-state index is 12.4. The van der Waals surface area contributed by atoms with E-state index in [4.69, 9.17) is 4.74 Å². The van der Waals surface area contributed by atoms with E-state index >= 15 is 0 Å². The SMILES string of the molecule is COC1=C(C(=O)N(C)Cc2ccccc2)CN(C)C1=O. The fourth-order valence-electron chi connectivity index (χ4n) is 2.22. The van der Waals surface area contributed by atoms with Crippen LogP contribution in [0.2, 0.25) is 0 Å². The zero-order chi connectivity index (χ0) is 14.7. The Morgan fingerprint density at radius 2 is 2.00 bits per heavy atom. The lowest BCUT2D eigenvalue weighted by Gasteiger charge is -2.18. The van der Waals surface area contributed by atoms with Crippen molar-refractivity contribution in [2.75, 3.05) is 27.7 Å². The molecule has 1 aromatic carbocycles. The predicted octanol–water partition coefficient (Wildman–Crippen LogP) is 1.02. The topological polar surface area (TPSA) is 49.9 Å². The third-order valence-corrected chi connectivity index (χ3v) is 3.28. The van der Waals surface area contributed by atoms with Crippen molar-refractivity contribution in [3.8, 4) is 0 Å². The summed E-state index contributed by atoms with van der Waals surface area (Å²) in [7, 11) is 4.79. The van der Waals surface area contributed by atoms with Crippen LogP contribution in [0.4, 0.5) is 0 Å². The lowest BCUT2D eigenvalue weighted by molar-refractivity contribution is -0.127. The van der Waals surface area contributed by atoms with Crippen molar-refractivity contribution >= 4 is 11.8 Å². The minimum absolute atomic E-state index is 0.150. The molecule has 1 heterocycles. The van der Waals surface area contributed by atoms with E-state index in [2.05, 4.69) is 0 Å². The second kappa shape index (κ2) is 5.77. The van der Waals surface area contributed by atoms with E-state index in [1.807, 2.05) is 30.3 Å². The van der Waals surface area contributed by atoms with Gasteiger partial charge in [-0.1, -0.05) is 30.3 Å². The molecule has 0 atom stereocenters. The van der Waals surface area contributed by atoms with Crippen LogP contribution < -0.4 is 0 Å². The number of rotatable bonds is 4. The Hall–Kier alpha value is -2.30. The van der Waals surface area contributed by atoms with Crippen molar-refractivity contribution in [3.05, 3.63) is 47.2 Å². The number of ether oxygens (including phenoxy) is 1. The molecule has 0 radical (unpaired) electrons. The van der Waals surface area contributed by atoms with Crippen LogP contribution in [0.3, 0.4) is 0 Å². The number of carbonyl (C=O) groups is 2. The summed E-state index contributed by atoms with van der Waals surface area (Å²) in [6.07, 6.45) is 0. The van der Waals surface area contributed by atoms with Gasteiger partial charge in [0.05, 0.1) is 19.2 Å². The second-order valence-corrected chi connectivity index (χ2v) is 4.82. The summed E-state index contributed by atoms with van der Waals surface area (Å²) in [5.74, 6) is -0.273. The fraction of sp³-hybridized carbons (Fsp3) is 0.333. The van der Waals surface area contributed by atoms with Crippen molar-refractivity contribution in [1.82, 2.24) is 9.80 Å². The molecule has 0 N–H and O–H groups in total. The summed E-state index contributed by atoms with van der Waals surface area (Å²) in [6, 6.07) is 9.71. The Labute approximate surface area is 118 Å². The molecule has 5 nitrogen and oxygen atoms in total. The Balaban J connectivity index is 2.15. The van der Waals surface area contributed by atoms with Gasteiger partial charge in [-0.3, -0.25) is 9.59 Å². The maximum Gasteiger partial charge on any atom is 0.289 e. The zero-order valence-electron chi connectivity index (χ0n) is 11.9. The van der Waals surface area contributed by atoms with Crippen molar-refractivity contribution < 1.29 is 14.3 Å². The van der Waals surface area contributed by atoms with Crippen molar-refractivity contribution in [1.29, 1.82) is 0 Å². The summed E-state index contributed by atoms with van der Waals surface area (Å²) in [6.45, 7) is 0.790. The summed E-state index contributed by atoms with van der Waals surface area (Å²) in [5, 5.41) is 0. The van der Waals surface area contributed by atoms with Gasteiger partial charge in [0.25, 0.3) is 11.8 Å². The van der Waals surface area contributed by atoms with E-state index < -0.39 is 0 Å². The third kappa shape index (κ3) is 2.66. The van der Waals surface area contributed by atoms with Crippen LogP contribution in [0.5, 0.6) is 0 Å². The quantitative estimate of drug-likeness (QED) is 0.823. The molecule has 1 aliphatic heterocycles. The van der Waals surface area contributed by atoms with Gasteiger partial charge < -0.3 is 14.5 Å². The Kier molecular flexibility index (Phi) is 4.08. The van der Waals surface area contributed by atoms with E-state index in [0.717, 1.165) is 5.56 Å². The molecule has 0 saturated carbocycles. The normalized spacial score (nSPS) is 14.8. The van der Waals surface area contributed by atoms with Gasteiger partial charge in [-0.15, -0.1) is 0 Å². The molecule has 0 unspecified atom stereocenters. The van der Waals surface area contributed by atoms with Crippen LogP contribution in [0.25, 0.3) is 0 Å². The van der Waals surface area contributed by atoms with E-state index in [-0.39, 0.29) is 17.6 Å². The van der Waals surface area contributed by atoms with Crippen LogP contribution >= 0.6 is 0 Å². The van der Waals surface area contributed by atoms with E-state index in [0.29, 0.717) is 18.7 Å². The largest absolute Gasteiger partial charge is 0.491 e. The van der Waals surface area contributed by atoms with Gasteiger partial charge in [0, 0.05) is 20.6 Å². The average Bonchev–Trinajstić information content (AvgIpc) is 2.74. The van der Waals surface area contributed by atoms with Crippen LogP contribution in [0, 0.1) is 0 Å². The number of likely N-dealkylation sites (N-methyl/N-ethyl adjacent to an activating group) is 2. The second-order valence-electron chi connectivity index (χ2n) is 4.82. The Morgan fingerprint density at radius 3 is 2.60 bits per heavy atom. The number of hydrogen-bond acceptors (Lipinski definition) is 3. The molecule has 0 fully saturated rings. The first kappa shape index (κ1) is 14.1. The summed E-state index contributed by atoms with van der Waals surface area (Å²) in [4.78, 5) is 27.3. The summed E-state index contributed by atoms with van der Waals surface area (Å²) in [5.41, 5.74) is 1.46. The molecule has 1 aromatic rings. The molecule has 5 heteroatoms. The first-order chi connectivity index (χ1) is 9.54. The molecule has 0 saturated heterocycles. The van der Waals surface area contributed by atoms with Gasteiger partial charge in [-0.05, 0) is 5.56 Å². The molecule has 2 amide bonds. The van der Waals surface area contributed by atoms with Gasteiger partial charge in [0.2, 0.25) is 0 Å². The lowest BCUT2D eigenvalue weighted by Crippen LogP contribution is -2.30. The predicted molar refractivity (Wildman–Crippen MR) is 74.6 cm³/mol. The number of methoxy groups -OCH3 is 1. The highest BCUT2D eigenvalue weighted by molar-refractivity contribution is 6.07. The highest BCUT2D eigenvalue weighted by atomic mass is 16.5.